The summed E-state index contributed by atoms with van der Waals surface area (Å²) >= 11 is 0. The number of fused-ring (bicyclic) bond motifs is 2. The maximum atomic E-state index is 11.6. The van der Waals surface area contributed by atoms with Gasteiger partial charge in [-0.1, -0.05) is 24.3 Å². The van der Waals surface area contributed by atoms with E-state index in [1.807, 2.05) is 42.5 Å². The van der Waals surface area contributed by atoms with E-state index < -0.39 is 5.97 Å². The van der Waals surface area contributed by atoms with Crippen molar-refractivity contribution in [3.63, 3.8) is 0 Å². The van der Waals surface area contributed by atoms with Gasteiger partial charge >= 0.3 is 29.6 Å². The molecule has 4 nitrogen and oxygen atoms in total. The summed E-state index contributed by atoms with van der Waals surface area (Å²) in [7, 11) is 0. The topological polar surface area (TPSA) is 70.1 Å². The fourth-order valence-corrected chi connectivity index (χ4v) is 1.87. The van der Waals surface area contributed by atoms with Crippen LogP contribution in [0.15, 0.2) is 36.4 Å². The molecule has 0 saturated carbocycles. The van der Waals surface area contributed by atoms with Gasteiger partial charge in [-0.05, 0) is 25.1 Å². The first-order valence-electron chi connectivity index (χ1n) is 5.85. The zero-order valence-electron chi connectivity index (χ0n) is 11.4. The van der Waals surface area contributed by atoms with E-state index in [0.717, 1.165) is 29.1 Å². The second-order valence-corrected chi connectivity index (χ2v) is 4.14. The predicted molar refractivity (Wildman–Crippen MR) is 70.4 cm³/mol. The minimum absolute atomic E-state index is 0. The SMILES string of the molecule is CC(=O)[O-].O=C1CC=Cc2nc3ccccc3cc21.[Na+]. The van der Waals surface area contributed by atoms with Crippen LogP contribution in [0.25, 0.3) is 17.0 Å². The molecule has 1 heterocycles. The third kappa shape index (κ3) is 4.00. The molecule has 96 valence electrons. The molecule has 0 bridgehead atoms. The number of allylic oxidation sites excluding steroid dienone is 1. The summed E-state index contributed by atoms with van der Waals surface area (Å²) in [5.41, 5.74) is 2.48. The second-order valence-electron chi connectivity index (χ2n) is 4.14. The Kier molecular flexibility index (Phi) is 6.07. The first-order valence-corrected chi connectivity index (χ1v) is 5.85. The minimum Gasteiger partial charge on any atom is -0.550 e. The van der Waals surface area contributed by atoms with Crippen LogP contribution in [0.2, 0.25) is 0 Å². The van der Waals surface area contributed by atoms with Gasteiger partial charge in [-0.2, -0.15) is 0 Å². The predicted octanol–water partition coefficient (Wildman–Crippen LogP) is -1.41. The summed E-state index contributed by atoms with van der Waals surface area (Å²) in [6.07, 6.45) is 4.28. The van der Waals surface area contributed by atoms with E-state index in [9.17, 15) is 4.79 Å². The molecule has 0 fully saturated rings. The van der Waals surface area contributed by atoms with E-state index in [0.29, 0.717) is 6.42 Å². The Balaban J connectivity index is 0.000000359. The van der Waals surface area contributed by atoms with E-state index in [4.69, 9.17) is 9.90 Å². The normalized spacial score (nSPS) is 11.9. The Hall–Kier alpha value is -1.49. The molecule has 20 heavy (non-hydrogen) atoms. The van der Waals surface area contributed by atoms with Crippen molar-refractivity contribution >= 4 is 28.7 Å². The molecular weight excluding hydrogens is 265 g/mol. The Morgan fingerprint density at radius 1 is 1.30 bits per heavy atom. The zero-order valence-corrected chi connectivity index (χ0v) is 13.4. The molecule has 5 heteroatoms. The van der Waals surface area contributed by atoms with Crippen molar-refractivity contribution in [2.24, 2.45) is 0 Å². The van der Waals surface area contributed by atoms with Crippen LogP contribution in [-0.2, 0) is 4.79 Å². The monoisotopic (exact) mass is 277 g/mol. The van der Waals surface area contributed by atoms with Crippen LogP contribution in [0, 0.1) is 0 Å². The number of hydrogen-bond acceptors (Lipinski definition) is 4. The van der Waals surface area contributed by atoms with Gasteiger partial charge in [0.1, 0.15) is 0 Å². The Bertz CT molecular complexity index is 676. The van der Waals surface area contributed by atoms with E-state index in [-0.39, 0.29) is 35.3 Å². The molecule has 1 aliphatic carbocycles. The van der Waals surface area contributed by atoms with E-state index in [1.54, 1.807) is 0 Å². The molecule has 1 aromatic heterocycles. The molecule has 0 saturated heterocycles. The number of para-hydroxylation sites is 1. The van der Waals surface area contributed by atoms with Crippen molar-refractivity contribution in [3.8, 4) is 0 Å². The molecule has 2 aromatic rings. The average Bonchev–Trinajstić information content (AvgIpc) is 2.37. The largest absolute Gasteiger partial charge is 1.00 e. The smallest absolute Gasteiger partial charge is 0.550 e. The maximum Gasteiger partial charge on any atom is 1.00 e. The van der Waals surface area contributed by atoms with Gasteiger partial charge in [0, 0.05) is 23.3 Å². The van der Waals surface area contributed by atoms with Gasteiger partial charge < -0.3 is 9.90 Å². The Morgan fingerprint density at radius 2 is 1.95 bits per heavy atom. The van der Waals surface area contributed by atoms with Crippen LogP contribution in [0.1, 0.15) is 29.4 Å². The standard InChI is InChI=1S/C13H9NO.C2H4O2.Na/c15-13-7-3-6-12-10(13)8-9-4-1-2-5-11(9)14-12;1-2(3)4;/h1-6,8H,7H2;1H3,(H,3,4);/q;;+1/p-1. The summed E-state index contributed by atoms with van der Waals surface area (Å²) in [6, 6.07) is 9.79. The van der Waals surface area contributed by atoms with Crippen LogP contribution < -0.4 is 34.7 Å². The molecule has 1 aliphatic rings. The maximum absolute atomic E-state index is 11.6. The number of carbonyl (C=O) groups is 2. The van der Waals surface area contributed by atoms with Crippen molar-refractivity contribution < 1.29 is 44.3 Å². The molecule has 0 unspecified atom stereocenters. The number of carboxylic acid groups (broad SMARTS) is 1. The quantitative estimate of drug-likeness (QED) is 0.555. The third-order valence-electron chi connectivity index (χ3n) is 2.63. The number of Topliss-reactive ketones (excluding diaryl/α,β-unsaturated/α-hetero) is 1. The number of aliphatic carboxylic acids is 1. The van der Waals surface area contributed by atoms with Crippen LogP contribution in [-0.4, -0.2) is 16.7 Å². The summed E-state index contributed by atoms with van der Waals surface area (Å²) in [6.45, 7) is 0.972. The number of benzene rings is 1. The summed E-state index contributed by atoms with van der Waals surface area (Å²) in [5, 5.41) is 9.92. The number of ketones is 1. The molecular formula is C15H12NNaO3. The summed E-state index contributed by atoms with van der Waals surface area (Å²) < 4.78 is 0. The molecule has 0 N–H and O–H groups in total. The molecule has 0 spiro atoms. The molecule has 0 aliphatic heterocycles. The van der Waals surface area contributed by atoms with Gasteiger partial charge in [-0.15, -0.1) is 0 Å². The van der Waals surface area contributed by atoms with Gasteiger partial charge in [-0.25, -0.2) is 4.98 Å². The Morgan fingerprint density at radius 3 is 2.65 bits per heavy atom. The number of aromatic nitrogens is 1. The zero-order chi connectivity index (χ0) is 13.8. The van der Waals surface area contributed by atoms with Crippen LogP contribution in [0.4, 0.5) is 0 Å². The van der Waals surface area contributed by atoms with Gasteiger partial charge in [-0.3, -0.25) is 4.79 Å². The average molecular weight is 277 g/mol. The fourth-order valence-electron chi connectivity index (χ4n) is 1.87. The van der Waals surface area contributed by atoms with Crippen molar-refractivity contribution in [1.29, 1.82) is 0 Å². The molecule has 0 atom stereocenters. The van der Waals surface area contributed by atoms with Gasteiger partial charge in [0.15, 0.2) is 5.78 Å². The Labute approximate surface area is 138 Å². The van der Waals surface area contributed by atoms with E-state index in [1.165, 1.54) is 0 Å². The van der Waals surface area contributed by atoms with Gasteiger partial charge in [0.25, 0.3) is 0 Å². The summed E-state index contributed by atoms with van der Waals surface area (Å²) in [5.74, 6) is -0.925. The molecule has 0 amide bonds. The van der Waals surface area contributed by atoms with Crippen molar-refractivity contribution in [2.75, 3.05) is 0 Å². The number of hydrogen-bond donors (Lipinski definition) is 0. The van der Waals surface area contributed by atoms with Crippen molar-refractivity contribution in [2.45, 2.75) is 13.3 Å². The molecule has 1 aromatic carbocycles. The molecule has 0 radical (unpaired) electrons. The number of carbonyl (C=O) groups excluding carboxylic acids is 2. The van der Waals surface area contributed by atoms with Crippen LogP contribution >= 0.6 is 0 Å². The minimum atomic E-state index is -1.08. The molecule has 3 rings (SSSR count). The summed E-state index contributed by atoms with van der Waals surface area (Å²) in [4.78, 5) is 25.0. The second kappa shape index (κ2) is 7.33. The van der Waals surface area contributed by atoms with Crippen molar-refractivity contribution in [3.05, 3.63) is 47.7 Å². The number of rotatable bonds is 0. The van der Waals surface area contributed by atoms with Gasteiger partial charge in [0.2, 0.25) is 0 Å². The van der Waals surface area contributed by atoms with Crippen LogP contribution in [0.5, 0.6) is 0 Å². The first kappa shape index (κ1) is 16.6. The van der Waals surface area contributed by atoms with Gasteiger partial charge in [0.05, 0.1) is 11.2 Å². The number of nitrogens with zero attached hydrogens (tertiary/aromatic N) is 1. The third-order valence-corrected chi connectivity index (χ3v) is 2.63. The first-order chi connectivity index (χ1) is 9.08. The number of carboxylic acids is 1. The van der Waals surface area contributed by atoms with E-state index in [2.05, 4.69) is 4.98 Å². The van der Waals surface area contributed by atoms with Crippen molar-refractivity contribution in [1.82, 2.24) is 4.98 Å². The van der Waals surface area contributed by atoms with E-state index >= 15 is 0 Å². The van der Waals surface area contributed by atoms with Crippen LogP contribution in [0.3, 0.4) is 0 Å². The number of pyridine rings is 1. The fraction of sp³-hybridized carbons (Fsp3) is 0.133.